The Hall–Kier alpha value is 0.270. The van der Waals surface area contributed by atoms with Crippen molar-refractivity contribution in [3.05, 3.63) is 0 Å². The Labute approximate surface area is 98.0 Å². The van der Waals surface area contributed by atoms with Gasteiger partial charge in [0, 0.05) is 12.0 Å². The van der Waals surface area contributed by atoms with Crippen molar-refractivity contribution in [3.63, 3.8) is 0 Å². The van der Waals surface area contributed by atoms with E-state index in [-0.39, 0.29) is 11.5 Å². The van der Waals surface area contributed by atoms with E-state index in [0.29, 0.717) is 6.54 Å². The summed E-state index contributed by atoms with van der Waals surface area (Å²) in [7, 11) is 0. The van der Waals surface area contributed by atoms with Crippen molar-refractivity contribution in [1.29, 1.82) is 0 Å². The topological polar surface area (TPSA) is 46.2 Å². The highest BCUT2D eigenvalue weighted by atomic mass is 32.2. The number of hydrogen-bond donors (Lipinski definition) is 2. The highest BCUT2D eigenvalue weighted by molar-refractivity contribution is 7.98. The van der Waals surface area contributed by atoms with Gasteiger partial charge in [0.1, 0.15) is 0 Å². The van der Waals surface area contributed by atoms with Crippen LogP contribution >= 0.6 is 11.8 Å². The Morgan fingerprint density at radius 1 is 1.60 bits per heavy atom. The molecular formula is C12H25NOS. The molecule has 0 heterocycles. The van der Waals surface area contributed by atoms with Crippen LogP contribution < -0.4 is 5.73 Å². The van der Waals surface area contributed by atoms with Crippen molar-refractivity contribution in [2.45, 2.75) is 45.1 Å². The first-order chi connectivity index (χ1) is 7.14. The van der Waals surface area contributed by atoms with Crippen LogP contribution in [0.5, 0.6) is 0 Å². The fraction of sp³-hybridized carbons (Fsp3) is 1.00. The number of thioether (sulfide) groups is 1. The summed E-state index contributed by atoms with van der Waals surface area (Å²) in [5.74, 6) is 1.89. The van der Waals surface area contributed by atoms with Crippen LogP contribution in [0.2, 0.25) is 0 Å². The summed E-state index contributed by atoms with van der Waals surface area (Å²) in [6.45, 7) is 2.92. The molecule has 3 heteroatoms. The van der Waals surface area contributed by atoms with Crippen molar-refractivity contribution in [2.75, 3.05) is 18.6 Å². The third-order valence-electron chi connectivity index (χ3n) is 3.83. The van der Waals surface area contributed by atoms with Crippen LogP contribution in [0.1, 0.15) is 39.0 Å². The van der Waals surface area contributed by atoms with Gasteiger partial charge in [0.25, 0.3) is 0 Å². The van der Waals surface area contributed by atoms with Gasteiger partial charge in [-0.15, -0.1) is 0 Å². The van der Waals surface area contributed by atoms with Gasteiger partial charge in [-0.3, -0.25) is 0 Å². The van der Waals surface area contributed by atoms with Gasteiger partial charge in [-0.1, -0.05) is 13.3 Å². The molecule has 90 valence electrons. The lowest BCUT2D eigenvalue weighted by atomic mass is 9.78. The average molecular weight is 231 g/mol. The third-order valence-corrected chi connectivity index (χ3v) is 4.53. The molecular weight excluding hydrogens is 206 g/mol. The molecule has 3 unspecified atom stereocenters. The van der Waals surface area contributed by atoms with Gasteiger partial charge in [-0.25, -0.2) is 0 Å². The van der Waals surface area contributed by atoms with E-state index in [1.165, 1.54) is 6.42 Å². The highest BCUT2D eigenvalue weighted by Gasteiger charge is 2.41. The van der Waals surface area contributed by atoms with Gasteiger partial charge in [0.05, 0.1) is 6.10 Å². The second kappa shape index (κ2) is 6.12. The standard InChI is InChI=1S/C12H25NOS/c1-10-5-6-12(8-10,9-13)11(14)4-3-7-15-2/h10-11,14H,3-9,13H2,1-2H3. The van der Waals surface area contributed by atoms with Crippen LogP contribution in [0.15, 0.2) is 0 Å². The maximum atomic E-state index is 10.3. The minimum absolute atomic E-state index is 0.0395. The molecule has 0 aromatic heterocycles. The molecule has 1 saturated carbocycles. The second-order valence-electron chi connectivity index (χ2n) is 5.07. The zero-order valence-corrected chi connectivity index (χ0v) is 10.9. The predicted octanol–water partition coefficient (Wildman–Crippen LogP) is 2.26. The Kier molecular flexibility index (Phi) is 5.44. The summed E-state index contributed by atoms with van der Waals surface area (Å²) in [5.41, 5.74) is 5.91. The van der Waals surface area contributed by atoms with E-state index >= 15 is 0 Å². The fourth-order valence-corrected chi connectivity index (χ4v) is 3.24. The third kappa shape index (κ3) is 3.36. The molecule has 1 rings (SSSR count). The molecule has 0 amide bonds. The van der Waals surface area contributed by atoms with E-state index in [0.717, 1.165) is 37.4 Å². The van der Waals surface area contributed by atoms with Crippen LogP contribution in [0, 0.1) is 11.3 Å². The SMILES string of the molecule is CSCCCC(O)C1(CN)CCC(C)C1. The van der Waals surface area contributed by atoms with Gasteiger partial charge in [0.15, 0.2) is 0 Å². The van der Waals surface area contributed by atoms with Gasteiger partial charge < -0.3 is 10.8 Å². The minimum Gasteiger partial charge on any atom is -0.393 e. The van der Waals surface area contributed by atoms with Crippen molar-refractivity contribution >= 4 is 11.8 Å². The molecule has 1 aliphatic carbocycles. The molecule has 3 atom stereocenters. The van der Waals surface area contributed by atoms with Gasteiger partial charge in [0.2, 0.25) is 0 Å². The highest BCUT2D eigenvalue weighted by Crippen LogP contribution is 2.44. The average Bonchev–Trinajstić information content (AvgIpc) is 2.62. The van der Waals surface area contributed by atoms with E-state index < -0.39 is 0 Å². The molecule has 0 aliphatic heterocycles. The quantitative estimate of drug-likeness (QED) is 0.689. The zero-order valence-electron chi connectivity index (χ0n) is 10.0. The van der Waals surface area contributed by atoms with Crippen molar-refractivity contribution < 1.29 is 5.11 Å². The van der Waals surface area contributed by atoms with E-state index in [1.807, 2.05) is 11.8 Å². The first-order valence-electron chi connectivity index (χ1n) is 6.01. The maximum absolute atomic E-state index is 10.3. The molecule has 2 nitrogen and oxygen atoms in total. The molecule has 0 spiro atoms. The van der Waals surface area contributed by atoms with Crippen LogP contribution in [0.4, 0.5) is 0 Å². The summed E-state index contributed by atoms with van der Waals surface area (Å²) in [4.78, 5) is 0. The summed E-state index contributed by atoms with van der Waals surface area (Å²) in [6.07, 6.45) is 7.43. The van der Waals surface area contributed by atoms with Gasteiger partial charge in [-0.2, -0.15) is 11.8 Å². The van der Waals surface area contributed by atoms with Crippen molar-refractivity contribution in [3.8, 4) is 0 Å². The van der Waals surface area contributed by atoms with Crippen LogP contribution in [0.25, 0.3) is 0 Å². The van der Waals surface area contributed by atoms with E-state index in [1.54, 1.807) is 0 Å². The summed E-state index contributed by atoms with van der Waals surface area (Å²) in [6, 6.07) is 0. The molecule has 1 fully saturated rings. The number of nitrogens with two attached hydrogens (primary N) is 1. The van der Waals surface area contributed by atoms with Crippen LogP contribution in [0.3, 0.4) is 0 Å². The Morgan fingerprint density at radius 2 is 2.33 bits per heavy atom. The molecule has 0 saturated heterocycles. The lowest BCUT2D eigenvalue weighted by Crippen LogP contribution is -2.39. The molecule has 3 N–H and O–H groups in total. The van der Waals surface area contributed by atoms with E-state index in [9.17, 15) is 5.11 Å². The largest absolute Gasteiger partial charge is 0.393 e. The van der Waals surface area contributed by atoms with Gasteiger partial charge >= 0.3 is 0 Å². The normalized spacial score (nSPS) is 33.2. The maximum Gasteiger partial charge on any atom is 0.0608 e. The Balaban J connectivity index is 2.43. The molecule has 15 heavy (non-hydrogen) atoms. The van der Waals surface area contributed by atoms with Gasteiger partial charge in [-0.05, 0) is 43.6 Å². The predicted molar refractivity (Wildman–Crippen MR) is 68.1 cm³/mol. The molecule has 0 radical (unpaired) electrons. The Morgan fingerprint density at radius 3 is 2.80 bits per heavy atom. The second-order valence-corrected chi connectivity index (χ2v) is 6.05. The number of aliphatic hydroxyl groups is 1. The van der Waals surface area contributed by atoms with E-state index in [4.69, 9.17) is 5.73 Å². The summed E-state index contributed by atoms with van der Waals surface area (Å²) in [5, 5.41) is 10.3. The first-order valence-corrected chi connectivity index (χ1v) is 7.41. The number of aliphatic hydroxyl groups excluding tert-OH is 1. The van der Waals surface area contributed by atoms with Crippen molar-refractivity contribution in [2.24, 2.45) is 17.1 Å². The Bertz CT molecular complexity index is 188. The summed E-state index contributed by atoms with van der Waals surface area (Å²) >= 11 is 1.85. The lowest BCUT2D eigenvalue weighted by Gasteiger charge is -2.33. The van der Waals surface area contributed by atoms with Crippen LogP contribution in [-0.2, 0) is 0 Å². The first kappa shape index (κ1) is 13.3. The summed E-state index contributed by atoms with van der Waals surface area (Å²) < 4.78 is 0. The molecule has 0 aromatic carbocycles. The zero-order chi connectivity index (χ0) is 11.3. The lowest BCUT2D eigenvalue weighted by molar-refractivity contribution is 0.0254. The smallest absolute Gasteiger partial charge is 0.0608 e. The van der Waals surface area contributed by atoms with Crippen molar-refractivity contribution in [1.82, 2.24) is 0 Å². The number of rotatable bonds is 6. The molecule has 0 aromatic rings. The molecule has 1 aliphatic rings. The van der Waals surface area contributed by atoms with Crippen LogP contribution in [-0.4, -0.2) is 29.8 Å². The molecule has 0 bridgehead atoms. The minimum atomic E-state index is -0.181. The fourth-order valence-electron chi connectivity index (χ4n) is 2.78. The number of hydrogen-bond acceptors (Lipinski definition) is 3. The monoisotopic (exact) mass is 231 g/mol. The van der Waals surface area contributed by atoms with E-state index in [2.05, 4.69) is 13.2 Å².